The number of benzene rings is 3. The molecule has 2 N–H and O–H groups in total. The van der Waals surface area contributed by atoms with Crippen LogP contribution in [0.5, 0.6) is 0 Å². The predicted octanol–water partition coefficient (Wildman–Crippen LogP) is 3.38. The van der Waals surface area contributed by atoms with Crippen LogP contribution in [-0.2, 0) is 23.0 Å². The van der Waals surface area contributed by atoms with Crippen LogP contribution in [-0.4, -0.2) is 45.9 Å². The Morgan fingerprint density at radius 2 is 1.52 bits per heavy atom. The molecule has 1 amide bonds. The lowest BCUT2D eigenvalue weighted by Gasteiger charge is -2.25. The Morgan fingerprint density at radius 3 is 2.12 bits per heavy atom. The Labute approximate surface area is 196 Å². The molecular weight excluding hydrogens is 434 g/mol. The summed E-state index contributed by atoms with van der Waals surface area (Å²) < 4.78 is 28.2. The summed E-state index contributed by atoms with van der Waals surface area (Å²) in [6, 6.07) is 24.2. The Hall–Kier alpha value is -3.00. The van der Waals surface area contributed by atoms with Gasteiger partial charge >= 0.3 is 0 Å². The van der Waals surface area contributed by atoms with Crippen LogP contribution >= 0.6 is 0 Å². The summed E-state index contributed by atoms with van der Waals surface area (Å²) >= 11 is 0. The minimum atomic E-state index is -3.75. The van der Waals surface area contributed by atoms with E-state index in [2.05, 4.69) is 27.1 Å². The second kappa shape index (κ2) is 11.2. The van der Waals surface area contributed by atoms with Crippen LogP contribution in [0.2, 0.25) is 0 Å². The average Bonchev–Trinajstić information content (AvgIpc) is 2.81. The molecule has 0 aromatic heterocycles. The van der Waals surface area contributed by atoms with E-state index >= 15 is 0 Å². The first-order valence-corrected chi connectivity index (χ1v) is 12.4. The van der Waals surface area contributed by atoms with Crippen molar-refractivity contribution in [3.63, 3.8) is 0 Å². The van der Waals surface area contributed by atoms with Crippen molar-refractivity contribution in [3.05, 3.63) is 101 Å². The number of carbonyl (C=O) groups is 1. The smallest absolute Gasteiger partial charge is 0.251 e. The van der Waals surface area contributed by atoms with E-state index in [1.807, 2.05) is 62.6 Å². The minimum absolute atomic E-state index is 0.0719. The molecule has 7 heteroatoms. The first kappa shape index (κ1) is 24.6. The van der Waals surface area contributed by atoms with Gasteiger partial charge in [-0.2, -0.15) is 0 Å². The van der Waals surface area contributed by atoms with E-state index in [1.54, 1.807) is 13.0 Å². The number of carbonyl (C=O) groups excluding carboxylic acids is 1. The fourth-order valence-corrected chi connectivity index (χ4v) is 4.54. The zero-order chi connectivity index (χ0) is 23.8. The highest BCUT2D eigenvalue weighted by Crippen LogP contribution is 2.17. The molecule has 0 bridgehead atoms. The predicted molar refractivity (Wildman–Crippen MR) is 132 cm³/mol. The fourth-order valence-electron chi connectivity index (χ4n) is 3.50. The maximum absolute atomic E-state index is 13.0. The van der Waals surface area contributed by atoms with Gasteiger partial charge in [0.2, 0.25) is 10.0 Å². The third-order valence-corrected chi connectivity index (χ3v) is 7.01. The van der Waals surface area contributed by atoms with Crippen LogP contribution in [0.15, 0.2) is 83.8 Å². The number of aryl methyl sites for hydroxylation is 1. The van der Waals surface area contributed by atoms with Crippen molar-refractivity contribution in [2.24, 2.45) is 0 Å². The minimum Gasteiger partial charge on any atom is -0.350 e. The standard InChI is InChI=1S/C26H31N3O3S/c1-20-14-15-24(33(31,32)28-18-22-12-8-5-9-13-22)17-25(20)26(30)27-19-23(29(2)3)16-21-10-6-4-7-11-21/h4-15,17,23,28H,16,18-19H2,1-3H3,(H,27,30). The van der Waals surface area contributed by atoms with Crippen molar-refractivity contribution in [1.82, 2.24) is 14.9 Å². The molecule has 0 radical (unpaired) electrons. The Kier molecular flexibility index (Phi) is 8.38. The van der Waals surface area contributed by atoms with Gasteiger partial charge in [0, 0.05) is 24.7 Å². The zero-order valence-corrected chi connectivity index (χ0v) is 20.1. The molecule has 6 nitrogen and oxygen atoms in total. The third kappa shape index (κ3) is 6.99. The number of sulfonamides is 1. The molecule has 3 aromatic carbocycles. The van der Waals surface area contributed by atoms with Crippen molar-refractivity contribution < 1.29 is 13.2 Å². The summed E-state index contributed by atoms with van der Waals surface area (Å²) in [4.78, 5) is 15.1. The summed E-state index contributed by atoms with van der Waals surface area (Å²) in [5, 5.41) is 2.98. The van der Waals surface area contributed by atoms with Crippen molar-refractivity contribution in [2.75, 3.05) is 20.6 Å². The molecule has 1 unspecified atom stereocenters. The van der Waals surface area contributed by atoms with E-state index in [-0.39, 0.29) is 23.4 Å². The maximum Gasteiger partial charge on any atom is 0.251 e. The van der Waals surface area contributed by atoms with Gasteiger partial charge in [0.25, 0.3) is 5.91 Å². The zero-order valence-electron chi connectivity index (χ0n) is 19.3. The number of rotatable bonds is 10. The van der Waals surface area contributed by atoms with Gasteiger partial charge in [-0.05, 0) is 56.3 Å². The third-order valence-electron chi connectivity index (χ3n) is 5.62. The highest BCUT2D eigenvalue weighted by molar-refractivity contribution is 7.89. The summed E-state index contributed by atoms with van der Waals surface area (Å²) in [7, 11) is 0.211. The highest BCUT2D eigenvalue weighted by Gasteiger charge is 2.19. The van der Waals surface area contributed by atoms with Gasteiger partial charge < -0.3 is 10.2 Å². The van der Waals surface area contributed by atoms with E-state index in [1.165, 1.54) is 17.7 Å². The summed E-state index contributed by atoms with van der Waals surface area (Å²) in [5.74, 6) is -0.285. The SMILES string of the molecule is Cc1ccc(S(=O)(=O)NCc2ccccc2)cc1C(=O)NCC(Cc1ccccc1)N(C)C. The van der Waals surface area contributed by atoms with Gasteiger partial charge in [-0.1, -0.05) is 66.7 Å². The average molecular weight is 466 g/mol. The van der Waals surface area contributed by atoms with Gasteiger partial charge in [-0.15, -0.1) is 0 Å². The molecule has 3 aromatic rings. The monoisotopic (exact) mass is 465 g/mol. The normalized spacial score (nSPS) is 12.5. The summed E-state index contributed by atoms with van der Waals surface area (Å²) in [6.45, 7) is 2.43. The topological polar surface area (TPSA) is 78.5 Å². The van der Waals surface area contributed by atoms with Crippen LogP contribution in [0.25, 0.3) is 0 Å². The first-order chi connectivity index (χ1) is 15.8. The van der Waals surface area contributed by atoms with Crippen LogP contribution < -0.4 is 10.0 Å². The van der Waals surface area contributed by atoms with Crippen LogP contribution in [0.4, 0.5) is 0 Å². The molecule has 1 atom stereocenters. The van der Waals surface area contributed by atoms with E-state index < -0.39 is 10.0 Å². The van der Waals surface area contributed by atoms with Crippen molar-refractivity contribution in [1.29, 1.82) is 0 Å². The second-order valence-electron chi connectivity index (χ2n) is 8.30. The largest absolute Gasteiger partial charge is 0.350 e. The number of nitrogens with zero attached hydrogens (tertiary/aromatic N) is 1. The van der Waals surface area contributed by atoms with E-state index in [0.29, 0.717) is 12.1 Å². The first-order valence-electron chi connectivity index (χ1n) is 10.9. The second-order valence-corrected chi connectivity index (χ2v) is 10.1. The molecule has 174 valence electrons. The highest BCUT2D eigenvalue weighted by atomic mass is 32.2. The number of hydrogen-bond acceptors (Lipinski definition) is 4. The van der Waals surface area contributed by atoms with Crippen molar-refractivity contribution in [3.8, 4) is 0 Å². The van der Waals surface area contributed by atoms with E-state index in [4.69, 9.17) is 0 Å². The quantitative estimate of drug-likeness (QED) is 0.481. The molecule has 0 fully saturated rings. The summed E-state index contributed by atoms with van der Waals surface area (Å²) in [5.41, 5.74) is 3.13. The van der Waals surface area contributed by atoms with Crippen molar-refractivity contribution >= 4 is 15.9 Å². The van der Waals surface area contributed by atoms with Gasteiger partial charge in [0.1, 0.15) is 0 Å². The Bertz CT molecular complexity index is 1160. The lowest BCUT2D eigenvalue weighted by Crippen LogP contribution is -2.41. The number of amides is 1. The summed E-state index contributed by atoms with van der Waals surface area (Å²) in [6.07, 6.45) is 0.797. The van der Waals surface area contributed by atoms with Crippen LogP contribution in [0.1, 0.15) is 27.0 Å². The van der Waals surface area contributed by atoms with E-state index in [0.717, 1.165) is 17.5 Å². The molecular formula is C26H31N3O3S. The molecule has 0 spiro atoms. The van der Waals surface area contributed by atoms with Gasteiger partial charge in [-0.25, -0.2) is 13.1 Å². The molecule has 0 aliphatic rings. The van der Waals surface area contributed by atoms with Gasteiger partial charge in [0.05, 0.1) is 4.90 Å². The molecule has 33 heavy (non-hydrogen) atoms. The van der Waals surface area contributed by atoms with Crippen molar-refractivity contribution in [2.45, 2.75) is 30.8 Å². The van der Waals surface area contributed by atoms with Crippen LogP contribution in [0, 0.1) is 6.92 Å². The molecule has 0 aliphatic carbocycles. The van der Waals surface area contributed by atoms with Crippen LogP contribution in [0.3, 0.4) is 0 Å². The molecule has 0 heterocycles. The number of nitrogens with one attached hydrogen (secondary N) is 2. The fraction of sp³-hybridized carbons (Fsp3) is 0.269. The van der Waals surface area contributed by atoms with E-state index in [9.17, 15) is 13.2 Å². The van der Waals surface area contributed by atoms with Gasteiger partial charge in [0.15, 0.2) is 0 Å². The van der Waals surface area contributed by atoms with Gasteiger partial charge in [-0.3, -0.25) is 4.79 Å². The Balaban J connectivity index is 1.69. The molecule has 0 saturated heterocycles. The maximum atomic E-state index is 13.0. The molecule has 3 rings (SSSR count). The lowest BCUT2D eigenvalue weighted by molar-refractivity contribution is 0.0941. The number of likely N-dealkylation sites (N-methyl/N-ethyl adjacent to an activating group) is 1. The molecule has 0 saturated carbocycles. The number of hydrogen-bond donors (Lipinski definition) is 2. The molecule has 0 aliphatic heterocycles. The Morgan fingerprint density at radius 1 is 0.909 bits per heavy atom. The lowest BCUT2D eigenvalue weighted by atomic mass is 10.0.